The Kier molecular flexibility index (Phi) is 4.26. The van der Waals surface area contributed by atoms with Crippen LogP contribution in [0.3, 0.4) is 0 Å². The predicted molar refractivity (Wildman–Crippen MR) is 82.5 cm³/mol. The molecule has 24 heavy (non-hydrogen) atoms. The highest BCUT2D eigenvalue weighted by molar-refractivity contribution is 6.14. The van der Waals surface area contributed by atoms with Crippen LogP contribution < -0.4 is 0 Å². The van der Waals surface area contributed by atoms with Crippen LogP contribution in [0.2, 0.25) is 0 Å². The fraction of sp³-hybridized carbons (Fsp3) is 0.294. The number of aryl methyl sites for hydroxylation is 1. The molecule has 1 aliphatic rings. The lowest BCUT2D eigenvalue weighted by Crippen LogP contribution is -2.33. The molecule has 2 aromatic rings. The number of nitrogens with zero attached hydrogens (tertiary/aromatic N) is 1. The Bertz CT molecular complexity index is 786. The standard InChI is InChI=1S/C17H17NO6/c1-10-5-6-11(24-10)14-13(15(19)12-4-3-8-23-12)16(20)17(21)18(14)7-9-22-2/h3-6,8,14,20H,7,9H2,1-2H3. The van der Waals surface area contributed by atoms with Gasteiger partial charge in [0.05, 0.1) is 18.4 Å². The van der Waals surface area contributed by atoms with E-state index in [-0.39, 0.29) is 24.5 Å². The average molecular weight is 331 g/mol. The maximum Gasteiger partial charge on any atom is 0.290 e. The molecule has 1 unspecified atom stereocenters. The van der Waals surface area contributed by atoms with Crippen LogP contribution in [-0.2, 0) is 9.53 Å². The van der Waals surface area contributed by atoms with Crippen LogP contribution in [0.5, 0.6) is 0 Å². The predicted octanol–water partition coefficient (Wildman–Crippen LogP) is 2.41. The van der Waals surface area contributed by atoms with Crippen molar-refractivity contribution >= 4 is 11.7 Å². The molecule has 7 heteroatoms. The normalized spacial score (nSPS) is 17.8. The van der Waals surface area contributed by atoms with E-state index in [0.29, 0.717) is 11.5 Å². The summed E-state index contributed by atoms with van der Waals surface area (Å²) in [5.74, 6) is -0.695. The fourth-order valence-corrected chi connectivity index (χ4v) is 2.74. The highest BCUT2D eigenvalue weighted by atomic mass is 16.5. The topological polar surface area (TPSA) is 93.1 Å². The molecule has 1 N–H and O–H groups in total. The zero-order valence-corrected chi connectivity index (χ0v) is 13.3. The Morgan fingerprint density at radius 3 is 2.75 bits per heavy atom. The maximum absolute atomic E-state index is 12.7. The van der Waals surface area contributed by atoms with Crippen LogP contribution in [0.25, 0.3) is 0 Å². The van der Waals surface area contributed by atoms with E-state index in [1.807, 2.05) is 0 Å². The van der Waals surface area contributed by atoms with Gasteiger partial charge < -0.3 is 23.6 Å². The molecule has 3 rings (SSSR count). The van der Waals surface area contributed by atoms with E-state index in [1.165, 1.54) is 24.3 Å². The van der Waals surface area contributed by atoms with E-state index in [0.717, 1.165) is 0 Å². The van der Waals surface area contributed by atoms with Crippen molar-refractivity contribution in [2.75, 3.05) is 20.3 Å². The summed E-state index contributed by atoms with van der Waals surface area (Å²) in [4.78, 5) is 26.5. The number of ketones is 1. The Labute approximate surface area is 138 Å². The molecule has 0 aromatic carbocycles. The number of hydrogen-bond acceptors (Lipinski definition) is 6. The molecule has 0 saturated heterocycles. The monoisotopic (exact) mass is 331 g/mol. The van der Waals surface area contributed by atoms with Crippen molar-refractivity contribution in [1.29, 1.82) is 0 Å². The van der Waals surface area contributed by atoms with Gasteiger partial charge in [0.15, 0.2) is 11.5 Å². The average Bonchev–Trinajstić information content (AvgIpc) is 3.28. The van der Waals surface area contributed by atoms with Crippen LogP contribution >= 0.6 is 0 Å². The van der Waals surface area contributed by atoms with E-state index in [4.69, 9.17) is 13.6 Å². The quantitative estimate of drug-likeness (QED) is 0.817. The minimum absolute atomic E-state index is 0.0474. The summed E-state index contributed by atoms with van der Waals surface area (Å²) in [5, 5.41) is 10.3. The highest BCUT2D eigenvalue weighted by Crippen LogP contribution is 2.39. The molecular weight excluding hydrogens is 314 g/mol. The molecule has 0 bridgehead atoms. The van der Waals surface area contributed by atoms with Crippen molar-refractivity contribution in [3.05, 3.63) is 59.1 Å². The van der Waals surface area contributed by atoms with Crippen molar-refractivity contribution in [2.45, 2.75) is 13.0 Å². The van der Waals surface area contributed by atoms with Gasteiger partial charge in [-0.1, -0.05) is 0 Å². The highest BCUT2D eigenvalue weighted by Gasteiger charge is 2.45. The molecule has 0 saturated carbocycles. The van der Waals surface area contributed by atoms with Crippen LogP contribution in [0.15, 0.2) is 50.7 Å². The summed E-state index contributed by atoms with van der Waals surface area (Å²) in [5.41, 5.74) is -0.0552. The molecule has 0 radical (unpaired) electrons. The van der Waals surface area contributed by atoms with Crippen LogP contribution in [0.1, 0.15) is 28.1 Å². The van der Waals surface area contributed by atoms with Gasteiger partial charge in [-0.2, -0.15) is 0 Å². The number of aliphatic hydroxyl groups excluding tert-OH is 1. The van der Waals surface area contributed by atoms with Crippen molar-refractivity contribution in [3.63, 3.8) is 0 Å². The van der Waals surface area contributed by atoms with Gasteiger partial charge in [0, 0.05) is 13.7 Å². The SMILES string of the molecule is COCCN1C(=O)C(O)=C(C(=O)c2ccco2)C1c1ccc(C)o1. The molecule has 0 fully saturated rings. The summed E-state index contributed by atoms with van der Waals surface area (Å²) < 4.78 is 15.7. The fourth-order valence-electron chi connectivity index (χ4n) is 2.74. The molecule has 0 aliphatic carbocycles. The molecular formula is C17H17NO6. The van der Waals surface area contributed by atoms with Gasteiger partial charge in [-0.3, -0.25) is 9.59 Å². The second-order valence-corrected chi connectivity index (χ2v) is 5.41. The second-order valence-electron chi connectivity index (χ2n) is 5.41. The first-order valence-corrected chi connectivity index (χ1v) is 7.42. The van der Waals surface area contributed by atoms with Gasteiger partial charge in [0.1, 0.15) is 17.6 Å². The first kappa shape index (κ1) is 16.1. The summed E-state index contributed by atoms with van der Waals surface area (Å²) in [6.45, 7) is 2.23. The molecule has 0 spiro atoms. The third-order valence-corrected chi connectivity index (χ3v) is 3.86. The maximum atomic E-state index is 12.7. The molecule has 1 amide bonds. The first-order chi connectivity index (χ1) is 11.5. The summed E-state index contributed by atoms with van der Waals surface area (Å²) >= 11 is 0. The summed E-state index contributed by atoms with van der Waals surface area (Å²) in [6, 6.07) is 5.64. The van der Waals surface area contributed by atoms with Gasteiger partial charge in [0.2, 0.25) is 5.78 Å². The van der Waals surface area contributed by atoms with Crippen LogP contribution in [0, 0.1) is 6.92 Å². The van der Waals surface area contributed by atoms with Gasteiger partial charge in [0.25, 0.3) is 5.91 Å². The van der Waals surface area contributed by atoms with Crippen molar-refractivity contribution in [1.82, 2.24) is 4.90 Å². The number of ether oxygens (including phenoxy) is 1. The molecule has 126 valence electrons. The minimum atomic E-state index is -0.820. The largest absolute Gasteiger partial charge is 0.503 e. The number of hydrogen-bond donors (Lipinski definition) is 1. The Morgan fingerprint density at radius 2 is 2.17 bits per heavy atom. The molecule has 1 atom stereocenters. The molecule has 3 heterocycles. The lowest BCUT2D eigenvalue weighted by Gasteiger charge is -2.24. The van der Waals surface area contributed by atoms with Gasteiger partial charge in [-0.25, -0.2) is 0 Å². The van der Waals surface area contributed by atoms with E-state index < -0.39 is 23.5 Å². The zero-order chi connectivity index (χ0) is 17.3. The Morgan fingerprint density at radius 1 is 1.38 bits per heavy atom. The second kappa shape index (κ2) is 6.37. The summed E-state index contributed by atoms with van der Waals surface area (Å²) in [7, 11) is 1.51. The van der Waals surface area contributed by atoms with Crippen LogP contribution in [-0.4, -0.2) is 42.0 Å². The van der Waals surface area contributed by atoms with E-state index in [1.54, 1.807) is 25.1 Å². The van der Waals surface area contributed by atoms with Crippen molar-refractivity contribution < 1.29 is 28.3 Å². The number of furan rings is 2. The van der Waals surface area contributed by atoms with Gasteiger partial charge in [-0.05, 0) is 31.2 Å². The van der Waals surface area contributed by atoms with E-state index >= 15 is 0 Å². The molecule has 7 nitrogen and oxygen atoms in total. The number of carbonyl (C=O) groups is 2. The Hall–Kier alpha value is -2.80. The van der Waals surface area contributed by atoms with Crippen molar-refractivity contribution in [3.8, 4) is 0 Å². The number of aliphatic hydroxyl groups is 1. The van der Waals surface area contributed by atoms with E-state index in [9.17, 15) is 14.7 Å². The van der Waals surface area contributed by atoms with E-state index in [2.05, 4.69) is 0 Å². The molecule has 2 aromatic heterocycles. The zero-order valence-electron chi connectivity index (χ0n) is 13.3. The third kappa shape index (κ3) is 2.63. The smallest absolute Gasteiger partial charge is 0.290 e. The van der Waals surface area contributed by atoms with Gasteiger partial charge >= 0.3 is 0 Å². The Balaban J connectivity index is 2.05. The number of amides is 1. The van der Waals surface area contributed by atoms with Crippen LogP contribution in [0.4, 0.5) is 0 Å². The number of methoxy groups -OCH3 is 1. The lowest BCUT2D eigenvalue weighted by atomic mass is 10.00. The van der Waals surface area contributed by atoms with Gasteiger partial charge in [-0.15, -0.1) is 0 Å². The number of rotatable bonds is 6. The minimum Gasteiger partial charge on any atom is -0.503 e. The first-order valence-electron chi connectivity index (χ1n) is 7.42. The third-order valence-electron chi connectivity index (χ3n) is 3.86. The van der Waals surface area contributed by atoms with Crippen molar-refractivity contribution in [2.24, 2.45) is 0 Å². The molecule has 1 aliphatic heterocycles. The summed E-state index contributed by atoms with van der Waals surface area (Å²) in [6.07, 6.45) is 1.36. The lowest BCUT2D eigenvalue weighted by molar-refractivity contribution is -0.130. The number of carbonyl (C=O) groups excluding carboxylic acids is 2. The number of Topliss-reactive ketones (excluding diaryl/α,β-unsaturated/α-hetero) is 1.